The first-order chi connectivity index (χ1) is 8.64. The van der Waals surface area contributed by atoms with E-state index in [9.17, 15) is 17.7 Å². The molecule has 0 aliphatic rings. The van der Waals surface area contributed by atoms with Gasteiger partial charge < -0.3 is 4.55 Å². The van der Waals surface area contributed by atoms with Gasteiger partial charge in [0.05, 0.1) is 11.6 Å². The molecule has 108 valence electrons. The standard InChI is InChI=1S/C13H18F3NOS/c1-8(17-19(18)13(2,3)4)9-6-5-7-10(11(9)14)12(15)16/h5-8,12,17H,1-4H3/t8-,19-/m1/s1. The predicted octanol–water partition coefficient (Wildman–Crippen LogP) is 3.88. The lowest BCUT2D eigenvalue weighted by atomic mass is 10.0. The normalized spacial score (nSPS) is 15.6. The average Bonchev–Trinajstić information content (AvgIpc) is 2.27. The van der Waals surface area contributed by atoms with E-state index >= 15 is 0 Å². The minimum Gasteiger partial charge on any atom is -0.598 e. The van der Waals surface area contributed by atoms with Crippen LogP contribution in [0.3, 0.4) is 0 Å². The van der Waals surface area contributed by atoms with Crippen molar-refractivity contribution in [3.8, 4) is 0 Å². The minimum absolute atomic E-state index is 0.0930. The van der Waals surface area contributed by atoms with E-state index in [0.29, 0.717) is 0 Å². The van der Waals surface area contributed by atoms with Crippen molar-refractivity contribution >= 4 is 11.4 Å². The maximum Gasteiger partial charge on any atom is 0.266 e. The molecule has 0 unspecified atom stereocenters. The van der Waals surface area contributed by atoms with Crippen molar-refractivity contribution in [2.75, 3.05) is 0 Å². The Morgan fingerprint density at radius 2 is 1.74 bits per heavy atom. The first kappa shape index (κ1) is 16.3. The fraction of sp³-hybridized carbons (Fsp3) is 0.538. The lowest BCUT2D eigenvalue weighted by Gasteiger charge is -2.26. The molecule has 0 saturated carbocycles. The van der Waals surface area contributed by atoms with Crippen LogP contribution in [0, 0.1) is 5.82 Å². The van der Waals surface area contributed by atoms with Crippen LogP contribution in [0.1, 0.15) is 51.3 Å². The zero-order valence-electron chi connectivity index (χ0n) is 11.3. The van der Waals surface area contributed by atoms with Crippen LogP contribution in [0.15, 0.2) is 18.2 Å². The Morgan fingerprint density at radius 3 is 2.21 bits per heavy atom. The summed E-state index contributed by atoms with van der Waals surface area (Å²) in [6.07, 6.45) is -2.86. The average molecular weight is 293 g/mol. The zero-order valence-corrected chi connectivity index (χ0v) is 12.2. The highest BCUT2D eigenvalue weighted by atomic mass is 32.2. The molecule has 0 fully saturated rings. The van der Waals surface area contributed by atoms with Gasteiger partial charge in [-0.15, -0.1) is 4.72 Å². The molecule has 0 aliphatic carbocycles. The van der Waals surface area contributed by atoms with Crippen molar-refractivity contribution in [1.82, 2.24) is 4.72 Å². The third-order valence-corrected chi connectivity index (χ3v) is 4.28. The summed E-state index contributed by atoms with van der Waals surface area (Å²) in [5, 5.41) is 0. The van der Waals surface area contributed by atoms with Crippen LogP contribution in [-0.4, -0.2) is 9.30 Å². The molecule has 0 spiro atoms. The fourth-order valence-corrected chi connectivity index (χ4v) is 2.27. The van der Waals surface area contributed by atoms with Gasteiger partial charge in [-0.05, 0) is 27.7 Å². The molecule has 0 saturated heterocycles. The van der Waals surface area contributed by atoms with Gasteiger partial charge in [-0.25, -0.2) is 13.2 Å². The Morgan fingerprint density at radius 1 is 1.21 bits per heavy atom. The Labute approximate surface area is 114 Å². The Bertz CT molecular complexity index is 434. The second kappa shape index (κ2) is 6.15. The van der Waals surface area contributed by atoms with Crippen LogP contribution in [0.5, 0.6) is 0 Å². The largest absolute Gasteiger partial charge is 0.598 e. The molecule has 0 aliphatic heterocycles. The number of hydrogen-bond donors (Lipinski definition) is 1. The summed E-state index contributed by atoms with van der Waals surface area (Å²) in [4.78, 5) is 0. The summed E-state index contributed by atoms with van der Waals surface area (Å²) in [5.41, 5.74) is -0.539. The molecule has 2 nitrogen and oxygen atoms in total. The van der Waals surface area contributed by atoms with E-state index in [4.69, 9.17) is 0 Å². The monoisotopic (exact) mass is 293 g/mol. The van der Waals surface area contributed by atoms with E-state index in [1.54, 1.807) is 27.7 Å². The van der Waals surface area contributed by atoms with Crippen molar-refractivity contribution in [1.29, 1.82) is 0 Å². The molecule has 0 aromatic heterocycles. The second-order valence-electron chi connectivity index (χ2n) is 5.27. The molecule has 0 amide bonds. The van der Waals surface area contributed by atoms with Crippen LogP contribution in [0.4, 0.5) is 13.2 Å². The predicted molar refractivity (Wildman–Crippen MR) is 70.8 cm³/mol. The Hall–Kier alpha value is -0.720. The van der Waals surface area contributed by atoms with Crippen LogP contribution in [0.25, 0.3) is 0 Å². The molecule has 1 aromatic rings. The van der Waals surface area contributed by atoms with Crippen LogP contribution in [0.2, 0.25) is 0 Å². The topological polar surface area (TPSA) is 35.1 Å². The van der Waals surface area contributed by atoms with Gasteiger partial charge in [-0.3, -0.25) is 0 Å². The van der Waals surface area contributed by atoms with Gasteiger partial charge in [0.25, 0.3) is 6.43 Å². The van der Waals surface area contributed by atoms with E-state index in [0.717, 1.165) is 6.07 Å². The molecule has 2 atom stereocenters. The van der Waals surface area contributed by atoms with E-state index < -0.39 is 40.0 Å². The zero-order chi connectivity index (χ0) is 14.8. The van der Waals surface area contributed by atoms with Crippen molar-refractivity contribution < 1.29 is 17.7 Å². The Balaban J connectivity index is 2.95. The van der Waals surface area contributed by atoms with Gasteiger partial charge in [0.15, 0.2) is 0 Å². The summed E-state index contributed by atoms with van der Waals surface area (Å²) >= 11 is -1.40. The molecular weight excluding hydrogens is 275 g/mol. The van der Waals surface area contributed by atoms with E-state index in [1.807, 2.05) is 0 Å². The quantitative estimate of drug-likeness (QED) is 0.855. The smallest absolute Gasteiger partial charge is 0.266 e. The van der Waals surface area contributed by atoms with E-state index in [-0.39, 0.29) is 5.56 Å². The second-order valence-corrected chi connectivity index (χ2v) is 7.27. The first-order valence-electron chi connectivity index (χ1n) is 5.89. The van der Waals surface area contributed by atoms with Crippen molar-refractivity contribution in [3.63, 3.8) is 0 Å². The molecule has 19 heavy (non-hydrogen) atoms. The number of nitrogens with one attached hydrogen (secondary N) is 1. The highest BCUT2D eigenvalue weighted by Gasteiger charge is 2.29. The van der Waals surface area contributed by atoms with Crippen LogP contribution >= 0.6 is 0 Å². The summed E-state index contributed by atoms with van der Waals surface area (Å²) in [7, 11) is 0. The van der Waals surface area contributed by atoms with Gasteiger partial charge in [-0.1, -0.05) is 18.2 Å². The first-order valence-corrected chi connectivity index (χ1v) is 7.04. The summed E-state index contributed by atoms with van der Waals surface area (Å²) in [5.74, 6) is -0.941. The lowest BCUT2D eigenvalue weighted by Crippen LogP contribution is -2.40. The minimum atomic E-state index is -2.86. The lowest BCUT2D eigenvalue weighted by molar-refractivity contribution is 0.146. The fourth-order valence-electron chi connectivity index (χ4n) is 1.47. The van der Waals surface area contributed by atoms with E-state index in [2.05, 4.69) is 4.72 Å². The van der Waals surface area contributed by atoms with Gasteiger partial charge in [0.2, 0.25) is 0 Å². The maximum atomic E-state index is 13.9. The van der Waals surface area contributed by atoms with Crippen LogP contribution in [-0.2, 0) is 11.4 Å². The summed E-state index contributed by atoms with van der Waals surface area (Å²) in [6, 6.07) is 3.23. The van der Waals surface area contributed by atoms with Crippen molar-refractivity contribution in [3.05, 3.63) is 35.1 Å². The summed E-state index contributed by atoms with van der Waals surface area (Å²) in [6.45, 7) is 6.91. The molecular formula is C13H18F3NOS. The highest BCUT2D eigenvalue weighted by molar-refractivity contribution is 7.90. The molecule has 1 N–H and O–H groups in total. The van der Waals surface area contributed by atoms with Crippen molar-refractivity contribution in [2.45, 2.75) is 44.9 Å². The van der Waals surface area contributed by atoms with Gasteiger partial charge in [-0.2, -0.15) is 0 Å². The van der Waals surface area contributed by atoms with Gasteiger partial charge in [0, 0.05) is 16.9 Å². The number of hydrogen-bond acceptors (Lipinski definition) is 2. The number of alkyl halides is 2. The number of halogens is 3. The summed E-state index contributed by atoms with van der Waals surface area (Å²) < 4.78 is 53.2. The Kier molecular flexibility index (Phi) is 5.29. The molecule has 1 rings (SSSR count). The SMILES string of the molecule is C[C@@H](N[S@+]([O-])C(C)(C)C)c1cccc(C(F)F)c1F. The van der Waals surface area contributed by atoms with E-state index in [1.165, 1.54) is 12.1 Å². The third-order valence-electron chi connectivity index (χ3n) is 2.60. The van der Waals surface area contributed by atoms with Gasteiger partial charge in [0.1, 0.15) is 10.6 Å². The molecule has 6 heteroatoms. The van der Waals surface area contributed by atoms with Crippen molar-refractivity contribution in [2.24, 2.45) is 0 Å². The third kappa shape index (κ3) is 4.12. The molecule has 0 radical (unpaired) electrons. The number of benzene rings is 1. The number of rotatable bonds is 4. The van der Waals surface area contributed by atoms with Crippen LogP contribution < -0.4 is 4.72 Å². The maximum absolute atomic E-state index is 13.9. The molecule has 0 heterocycles. The highest BCUT2D eigenvalue weighted by Crippen LogP contribution is 2.28. The van der Waals surface area contributed by atoms with Gasteiger partial charge >= 0.3 is 0 Å². The molecule has 0 bridgehead atoms. The molecule has 1 aromatic carbocycles.